The molecule has 0 bridgehead atoms. The number of rotatable bonds is 5. The monoisotopic (exact) mass is 306 g/mol. The summed E-state index contributed by atoms with van der Waals surface area (Å²) in [6.07, 6.45) is 4.92. The van der Waals surface area contributed by atoms with Gasteiger partial charge >= 0.3 is 0 Å². The quantitative estimate of drug-likeness (QED) is 0.849. The number of hydrogen-bond donors (Lipinski definition) is 1. The first-order valence-corrected chi connectivity index (χ1v) is 7.94. The summed E-state index contributed by atoms with van der Waals surface area (Å²) in [5.74, 6) is -0.589. The number of carbonyl (C=O) groups excluding carboxylic acids is 2. The number of hydrogen-bond acceptors (Lipinski definition) is 2. The summed E-state index contributed by atoms with van der Waals surface area (Å²) in [6, 6.07) is 6.20. The van der Waals surface area contributed by atoms with Crippen LogP contribution in [0.3, 0.4) is 0 Å². The standard InChI is InChI=1S/C17H23FN2O2/c18-15-7-5-14(6-8-15)9-10-19-16(21)13-17(22)20-11-3-1-2-4-12-20/h5-8H,1-4,9-13H2,(H,19,21). The van der Waals surface area contributed by atoms with Gasteiger partial charge in [0.2, 0.25) is 11.8 Å². The molecule has 0 radical (unpaired) electrons. The topological polar surface area (TPSA) is 49.4 Å². The van der Waals surface area contributed by atoms with Crippen LogP contribution >= 0.6 is 0 Å². The maximum absolute atomic E-state index is 12.8. The van der Waals surface area contributed by atoms with Gasteiger partial charge in [0.25, 0.3) is 0 Å². The van der Waals surface area contributed by atoms with Gasteiger partial charge in [-0.1, -0.05) is 25.0 Å². The molecule has 2 amide bonds. The van der Waals surface area contributed by atoms with Crippen molar-refractivity contribution in [3.63, 3.8) is 0 Å². The van der Waals surface area contributed by atoms with Crippen molar-refractivity contribution in [2.75, 3.05) is 19.6 Å². The van der Waals surface area contributed by atoms with Gasteiger partial charge in [-0.05, 0) is 37.0 Å². The fourth-order valence-corrected chi connectivity index (χ4v) is 2.63. The Balaban J connectivity index is 1.68. The lowest BCUT2D eigenvalue weighted by atomic mass is 10.1. The van der Waals surface area contributed by atoms with Gasteiger partial charge < -0.3 is 10.2 Å². The van der Waals surface area contributed by atoms with Gasteiger partial charge in [-0.2, -0.15) is 0 Å². The van der Waals surface area contributed by atoms with Crippen LogP contribution in [0.15, 0.2) is 24.3 Å². The van der Waals surface area contributed by atoms with Crippen molar-refractivity contribution in [1.29, 1.82) is 0 Å². The molecular weight excluding hydrogens is 283 g/mol. The molecule has 2 rings (SSSR count). The van der Waals surface area contributed by atoms with E-state index in [0.717, 1.165) is 44.3 Å². The Morgan fingerprint density at radius 2 is 1.68 bits per heavy atom. The summed E-state index contributed by atoms with van der Waals surface area (Å²) in [6.45, 7) is 1.99. The van der Waals surface area contributed by atoms with E-state index in [1.807, 2.05) is 0 Å². The molecule has 0 unspecified atom stereocenters. The maximum atomic E-state index is 12.8. The van der Waals surface area contributed by atoms with E-state index in [1.165, 1.54) is 12.1 Å². The van der Waals surface area contributed by atoms with E-state index in [2.05, 4.69) is 5.32 Å². The molecule has 0 aliphatic carbocycles. The zero-order chi connectivity index (χ0) is 15.8. The van der Waals surface area contributed by atoms with Crippen LogP contribution in [0.2, 0.25) is 0 Å². The van der Waals surface area contributed by atoms with Gasteiger partial charge in [-0.3, -0.25) is 9.59 Å². The average molecular weight is 306 g/mol. The summed E-state index contributed by atoms with van der Waals surface area (Å²) >= 11 is 0. The number of benzene rings is 1. The molecule has 0 saturated carbocycles. The third kappa shape index (κ3) is 5.47. The van der Waals surface area contributed by atoms with Crippen molar-refractivity contribution in [2.45, 2.75) is 38.5 Å². The normalized spacial score (nSPS) is 15.2. The van der Waals surface area contributed by atoms with E-state index in [9.17, 15) is 14.0 Å². The zero-order valence-corrected chi connectivity index (χ0v) is 12.8. The fraction of sp³-hybridized carbons (Fsp3) is 0.529. The maximum Gasteiger partial charge on any atom is 0.232 e. The Kier molecular flexibility index (Phi) is 6.37. The molecule has 120 valence electrons. The highest BCUT2D eigenvalue weighted by Gasteiger charge is 2.18. The molecule has 0 spiro atoms. The fourth-order valence-electron chi connectivity index (χ4n) is 2.63. The summed E-state index contributed by atoms with van der Waals surface area (Å²) < 4.78 is 12.8. The molecule has 4 nitrogen and oxygen atoms in total. The predicted molar refractivity (Wildman–Crippen MR) is 82.8 cm³/mol. The van der Waals surface area contributed by atoms with Gasteiger partial charge in [0.05, 0.1) is 0 Å². The number of amides is 2. The molecule has 0 atom stereocenters. The summed E-state index contributed by atoms with van der Waals surface area (Å²) in [7, 11) is 0. The average Bonchev–Trinajstić information content (AvgIpc) is 2.78. The lowest BCUT2D eigenvalue weighted by molar-refractivity contribution is -0.136. The summed E-state index contributed by atoms with van der Waals surface area (Å²) in [5, 5.41) is 2.75. The lowest BCUT2D eigenvalue weighted by Crippen LogP contribution is -2.36. The first-order valence-electron chi connectivity index (χ1n) is 7.94. The minimum atomic E-state index is -0.268. The van der Waals surface area contributed by atoms with Crippen molar-refractivity contribution >= 4 is 11.8 Å². The molecule has 1 heterocycles. The molecule has 1 aliphatic rings. The van der Waals surface area contributed by atoms with Crippen LogP contribution in [-0.2, 0) is 16.0 Å². The Labute approximate surface area is 130 Å². The van der Waals surface area contributed by atoms with E-state index in [1.54, 1.807) is 17.0 Å². The third-order valence-corrected chi connectivity index (χ3v) is 3.92. The van der Waals surface area contributed by atoms with Crippen LogP contribution in [-0.4, -0.2) is 36.3 Å². The Hall–Kier alpha value is -1.91. The predicted octanol–water partition coefficient (Wildman–Crippen LogP) is 2.28. The van der Waals surface area contributed by atoms with Gasteiger partial charge in [-0.25, -0.2) is 4.39 Å². The number of carbonyl (C=O) groups is 2. The van der Waals surface area contributed by atoms with Crippen LogP contribution in [0, 0.1) is 5.82 Å². The highest BCUT2D eigenvalue weighted by atomic mass is 19.1. The van der Waals surface area contributed by atoms with E-state index in [0.29, 0.717) is 13.0 Å². The van der Waals surface area contributed by atoms with Gasteiger partial charge in [-0.15, -0.1) is 0 Å². The zero-order valence-electron chi connectivity index (χ0n) is 12.8. The number of nitrogens with zero attached hydrogens (tertiary/aromatic N) is 1. The van der Waals surface area contributed by atoms with Crippen molar-refractivity contribution < 1.29 is 14.0 Å². The van der Waals surface area contributed by atoms with E-state index in [-0.39, 0.29) is 24.1 Å². The van der Waals surface area contributed by atoms with Gasteiger partial charge in [0.15, 0.2) is 0 Å². The van der Waals surface area contributed by atoms with E-state index < -0.39 is 0 Å². The van der Waals surface area contributed by atoms with Crippen LogP contribution in [0.4, 0.5) is 4.39 Å². The molecule has 1 saturated heterocycles. The van der Waals surface area contributed by atoms with Gasteiger partial charge in [0.1, 0.15) is 12.2 Å². The molecule has 1 aromatic rings. The second kappa shape index (κ2) is 8.51. The molecular formula is C17H23FN2O2. The highest BCUT2D eigenvalue weighted by molar-refractivity contribution is 5.96. The summed E-state index contributed by atoms with van der Waals surface area (Å²) in [4.78, 5) is 25.7. The Morgan fingerprint density at radius 3 is 2.32 bits per heavy atom. The largest absolute Gasteiger partial charge is 0.355 e. The molecule has 0 aromatic heterocycles. The van der Waals surface area contributed by atoms with Gasteiger partial charge in [0, 0.05) is 19.6 Å². The SMILES string of the molecule is O=C(CC(=O)N1CCCCCC1)NCCc1ccc(F)cc1. The minimum absolute atomic E-state index is 0.0799. The van der Waals surface area contributed by atoms with Crippen molar-refractivity contribution in [3.05, 3.63) is 35.6 Å². The molecule has 1 aliphatic heterocycles. The number of halogens is 1. The molecule has 22 heavy (non-hydrogen) atoms. The van der Waals surface area contributed by atoms with E-state index in [4.69, 9.17) is 0 Å². The summed E-state index contributed by atoms with van der Waals surface area (Å²) in [5.41, 5.74) is 0.959. The third-order valence-electron chi connectivity index (χ3n) is 3.92. The molecule has 1 N–H and O–H groups in total. The number of nitrogens with one attached hydrogen (secondary N) is 1. The van der Waals surface area contributed by atoms with Crippen molar-refractivity contribution in [3.8, 4) is 0 Å². The van der Waals surface area contributed by atoms with Crippen molar-refractivity contribution in [1.82, 2.24) is 10.2 Å². The molecule has 1 aromatic carbocycles. The second-order valence-electron chi connectivity index (χ2n) is 5.70. The number of likely N-dealkylation sites (tertiary alicyclic amines) is 1. The van der Waals surface area contributed by atoms with E-state index >= 15 is 0 Å². The second-order valence-corrected chi connectivity index (χ2v) is 5.70. The Bertz CT molecular complexity index is 494. The molecule has 1 fully saturated rings. The Morgan fingerprint density at radius 1 is 1.05 bits per heavy atom. The first kappa shape index (κ1) is 16.5. The van der Waals surface area contributed by atoms with Crippen LogP contribution in [0.1, 0.15) is 37.7 Å². The molecule has 5 heteroatoms. The smallest absolute Gasteiger partial charge is 0.232 e. The van der Waals surface area contributed by atoms with Crippen LogP contribution in [0.25, 0.3) is 0 Å². The first-order chi connectivity index (χ1) is 10.6. The van der Waals surface area contributed by atoms with Crippen molar-refractivity contribution in [2.24, 2.45) is 0 Å². The minimum Gasteiger partial charge on any atom is -0.355 e. The lowest BCUT2D eigenvalue weighted by Gasteiger charge is -2.19. The van der Waals surface area contributed by atoms with Crippen LogP contribution < -0.4 is 5.32 Å². The highest BCUT2D eigenvalue weighted by Crippen LogP contribution is 2.10. The van der Waals surface area contributed by atoms with Crippen LogP contribution in [0.5, 0.6) is 0 Å².